The first-order chi connectivity index (χ1) is 7.72. The van der Waals surface area contributed by atoms with Crippen LogP contribution in [0.1, 0.15) is 47.3 Å². The molecular formula is C12H14O4. The van der Waals surface area contributed by atoms with Crippen molar-refractivity contribution in [3.63, 3.8) is 0 Å². The number of rotatable bonds is 4. The molecule has 0 saturated heterocycles. The smallest absolute Gasteiger partial charge is 0.374 e. The van der Waals surface area contributed by atoms with Crippen LogP contribution in [0.15, 0.2) is 16.5 Å². The van der Waals surface area contributed by atoms with Crippen molar-refractivity contribution in [1.82, 2.24) is 0 Å². The molecule has 1 saturated carbocycles. The first-order valence-electron chi connectivity index (χ1n) is 5.53. The van der Waals surface area contributed by atoms with Gasteiger partial charge in [0.1, 0.15) is 0 Å². The predicted octanol–water partition coefficient (Wildman–Crippen LogP) is 2.44. The molecule has 0 radical (unpaired) electrons. The molecule has 0 bridgehead atoms. The Balaban J connectivity index is 2.06. The molecule has 1 aliphatic carbocycles. The Morgan fingerprint density at radius 1 is 1.38 bits per heavy atom. The summed E-state index contributed by atoms with van der Waals surface area (Å²) in [5.74, 6) is -0.0598. The number of carbonyl (C=O) groups is 2. The van der Waals surface area contributed by atoms with E-state index in [1.54, 1.807) is 13.0 Å². The Kier molecular flexibility index (Phi) is 3.08. The van der Waals surface area contributed by atoms with E-state index in [1.165, 1.54) is 6.07 Å². The lowest BCUT2D eigenvalue weighted by Crippen LogP contribution is -2.21. The van der Waals surface area contributed by atoms with Crippen LogP contribution in [-0.4, -0.2) is 18.4 Å². The van der Waals surface area contributed by atoms with E-state index in [0.717, 1.165) is 19.3 Å². The largest absolute Gasteiger partial charge is 0.460 e. The summed E-state index contributed by atoms with van der Waals surface area (Å²) in [5.41, 5.74) is 0. The molecule has 1 fully saturated rings. The molecule has 0 unspecified atom stereocenters. The minimum atomic E-state index is -0.518. The first-order valence-corrected chi connectivity index (χ1v) is 5.53. The van der Waals surface area contributed by atoms with Crippen LogP contribution in [0, 0.1) is 5.92 Å². The molecule has 0 aromatic carbocycles. The van der Waals surface area contributed by atoms with E-state index in [1.807, 2.05) is 0 Å². The van der Waals surface area contributed by atoms with Crippen LogP contribution < -0.4 is 0 Å². The Bertz CT molecular complexity index is 401. The monoisotopic (exact) mass is 222 g/mol. The standard InChI is InChI=1S/C12H14O4/c1-2-15-12(14)10-7-6-9(16-10)11(13)8-4-3-5-8/h6-8H,2-5H2,1H3. The van der Waals surface area contributed by atoms with Crippen LogP contribution in [0.5, 0.6) is 0 Å². The lowest BCUT2D eigenvalue weighted by molar-refractivity contribution is 0.0487. The van der Waals surface area contributed by atoms with Crippen molar-refractivity contribution in [2.45, 2.75) is 26.2 Å². The number of Topliss-reactive ketones (excluding diaryl/α,β-unsaturated/α-hetero) is 1. The molecule has 1 aromatic rings. The van der Waals surface area contributed by atoms with Crippen molar-refractivity contribution in [2.24, 2.45) is 5.92 Å². The maximum atomic E-state index is 11.8. The second kappa shape index (κ2) is 4.51. The SMILES string of the molecule is CCOC(=O)c1ccc(C(=O)C2CCC2)o1. The van der Waals surface area contributed by atoms with E-state index in [-0.39, 0.29) is 23.2 Å². The highest BCUT2D eigenvalue weighted by Crippen LogP contribution is 2.30. The number of esters is 1. The van der Waals surface area contributed by atoms with E-state index in [4.69, 9.17) is 9.15 Å². The number of hydrogen-bond donors (Lipinski definition) is 0. The van der Waals surface area contributed by atoms with Crippen LogP contribution in [0.25, 0.3) is 0 Å². The first kappa shape index (κ1) is 10.9. The molecule has 4 nitrogen and oxygen atoms in total. The van der Waals surface area contributed by atoms with Crippen LogP contribution in [0.4, 0.5) is 0 Å². The van der Waals surface area contributed by atoms with Crippen LogP contribution in [0.2, 0.25) is 0 Å². The predicted molar refractivity (Wildman–Crippen MR) is 56.3 cm³/mol. The topological polar surface area (TPSA) is 56.5 Å². The lowest BCUT2D eigenvalue weighted by Gasteiger charge is -2.22. The van der Waals surface area contributed by atoms with Gasteiger partial charge in [0.2, 0.25) is 11.5 Å². The van der Waals surface area contributed by atoms with Gasteiger partial charge in [0.15, 0.2) is 5.76 Å². The second-order valence-corrected chi connectivity index (χ2v) is 3.88. The molecule has 1 heterocycles. The van der Waals surface area contributed by atoms with Crippen molar-refractivity contribution in [1.29, 1.82) is 0 Å². The minimum Gasteiger partial charge on any atom is -0.460 e. The summed E-state index contributed by atoms with van der Waals surface area (Å²) in [5, 5.41) is 0. The highest BCUT2D eigenvalue weighted by Gasteiger charge is 2.28. The summed E-state index contributed by atoms with van der Waals surface area (Å²) >= 11 is 0. The molecule has 0 N–H and O–H groups in total. The molecule has 1 aromatic heterocycles. The number of hydrogen-bond acceptors (Lipinski definition) is 4. The summed E-state index contributed by atoms with van der Waals surface area (Å²) in [7, 11) is 0. The van der Waals surface area contributed by atoms with Crippen molar-refractivity contribution in [3.8, 4) is 0 Å². The van der Waals surface area contributed by atoms with Gasteiger partial charge < -0.3 is 9.15 Å². The van der Waals surface area contributed by atoms with Gasteiger partial charge in [-0.15, -0.1) is 0 Å². The molecule has 1 aliphatic rings. The maximum absolute atomic E-state index is 11.8. The molecule has 86 valence electrons. The molecule has 2 rings (SSSR count). The fourth-order valence-corrected chi connectivity index (χ4v) is 1.65. The average Bonchev–Trinajstić information content (AvgIpc) is 2.63. The third-order valence-corrected chi connectivity index (χ3v) is 2.80. The molecule has 4 heteroatoms. The van der Waals surface area contributed by atoms with Crippen LogP contribution in [-0.2, 0) is 4.74 Å². The summed E-state index contributed by atoms with van der Waals surface area (Å²) < 4.78 is 9.97. The number of ketones is 1. The van der Waals surface area contributed by atoms with Crippen molar-refractivity contribution in [3.05, 3.63) is 23.7 Å². The van der Waals surface area contributed by atoms with Gasteiger partial charge in [0.05, 0.1) is 6.61 Å². The van der Waals surface area contributed by atoms with Crippen LogP contribution >= 0.6 is 0 Å². The highest BCUT2D eigenvalue weighted by atomic mass is 16.5. The van der Waals surface area contributed by atoms with Gasteiger partial charge in [0.25, 0.3) is 0 Å². The fraction of sp³-hybridized carbons (Fsp3) is 0.500. The van der Waals surface area contributed by atoms with Gasteiger partial charge in [-0.2, -0.15) is 0 Å². The number of carbonyl (C=O) groups excluding carboxylic acids is 2. The van der Waals surface area contributed by atoms with Crippen molar-refractivity contribution in [2.75, 3.05) is 6.61 Å². The highest BCUT2D eigenvalue weighted by molar-refractivity contribution is 5.97. The molecule has 0 spiro atoms. The third kappa shape index (κ3) is 2.01. The van der Waals surface area contributed by atoms with Crippen molar-refractivity contribution < 1.29 is 18.7 Å². The zero-order chi connectivity index (χ0) is 11.5. The zero-order valence-electron chi connectivity index (χ0n) is 9.19. The molecule has 16 heavy (non-hydrogen) atoms. The van der Waals surface area contributed by atoms with E-state index >= 15 is 0 Å². The average molecular weight is 222 g/mol. The molecule has 0 atom stereocenters. The summed E-state index contributed by atoms with van der Waals surface area (Å²) in [6.45, 7) is 2.02. The summed E-state index contributed by atoms with van der Waals surface area (Å²) in [6.07, 6.45) is 2.95. The minimum absolute atomic E-state index is 0.00167. The van der Waals surface area contributed by atoms with E-state index in [0.29, 0.717) is 6.61 Å². The fourth-order valence-electron chi connectivity index (χ4n) is 1.65. The Morgan fingerprint density at radius 3 is 2.62 bits per heavy atom. The summed E-state index contributed by atoms with van der Waals surface area (Å²) in [6, 6.07) is 3.04. The number of furan rings is 1. The summed E-state index contributed by atoms with van der Waals surface area (Å²) in [4.78, 5) is 23.1. The second-order valence-electron chi connectivity index (χ2n) is 3.88. The normalized spacial score (nSPS) is 15.6. The Morgan fingerprint density at radius 2 is 2.06 bits per heavy atom. The van der Waals surface area contributed by atoms with E-state index in [9.17, 15) is 9.59 Å². The van der Waals surface area contributed by atoms with Gasteiger partial charge in [-0.05, 0) is 31.9 Å². The van der Waals surface area contributed by atoms with E-state index < -0.39 is 5.97 Å². The molecular weight excluding hydrogens is 208 g/mol. The van der Waals surface area contributed by atoms with Crippen LogP contribution in [0.3, 0.4) is 0 Å². The third-order valence-electron chi connectivity index (χ3n) is 2.80. The Hall–Kier alpha value is -1.58. The lowest BCUT2D eigenvalue weighted by atomic mass is 9.81. The van der Waals surface area contributed by atoms with Gasteiger partial charge in [-0.25, -0.2) is 4.79 Å². The maximum Gasteiger partial charge on any atom is 0.374 e. The van der Waals surface area contributed by atoms with Gasteiger partial charge >= 0.3 is 5.97 Å². The quantitative estimate of drug-likeness (QED) is 0.580. The zero-order valence-corrected chi connectivity index (χ0v) is 9.19. The van der Waals surface area contributed by atoms with Crippen molar-refractivity contribution >= 4 is 11.8 Å². The molecule has 0 aliphatic heterocycles. The number of ether oxygens (including phenoxy) is 1. The van der Waals surface area contributed by atoms with Gasteiger partial charge in [-0.3, -0.25) is 4.79 Å². The Labute approximate surface area is 93.6 Å². The van der Waals surface area contributed by atoms with Gasteiger partial charge in [-0.1, -0.05) is 6.42 Å². The van der Waals surface area contributed by atoms with E-state index in [2.05, 4.69) is 0 Å². The van der Waals surface area contributed by atoms with Gasteiger partial charge in [0, 0.05) is 5.92 Å². The molecule has 0 amide bonds.